The highest BCUT2D eigenvalue weighted by molar-refractivity contribution is 5.83. The lowest BCUT2D eigenvalue weighted by atomic mass is 10.1. The number of rotatable bonds is 2. The Kier molecular flexibility index (Phi) is 3.53. The lowest BCUT2D eigenvalue weighted by Gasteiger charge is -2.20. The zero-order valence-corrected chi connectivity index (χ0v) is 11.2. The van der Waals surface area contributed by atoms with E-state index >= 15 is 0 Å². The van der Waals surface area contributed by atoms with Crippen molar-refractivity contribution in [3.8, 4) is 0 Å². The topological polar surface area (TPSA) is 36.1 Å². The molecule has 0 unspecified atom stereocenters. The van der Waals surface area contributed by atoms with Crippen molar-refractivity contribution < 1.29 is 4.79 Å². The molecule has 3 nitrogen and oxygen atoms in total. The quantitative estimate of drug-likeness (QED) is 0.880. The van der Waals surface area contributed by atoms with Gasteiger partial charge < -0.3 is 9.88 Å². The zero-order valence-electron chi connectivity index (χ0n) is 11.2. The number of nitrogens with one attached hydrogen (secondary N) is 1. The van der Waals surface area contributed by atoms with Crippen LogP contribution >= 0.6 is 0 Å². The van der Waals surface area contributed by atoms with E-state index in [1.54, 1.807) is 0 Å². The van der Waals surface area contributed by atoms with Crippen molar-refractivity contribution in [3.05, 3.63) is 36.0 Å². The van der Waals surface area contributed by atoms with E-state index in [4.69, 9.17) is 0 Å². The number of amides is 1. The van der Waals surface area contributed by atoms with Crippen LogP contribution < -0.4 is 0 Å². The summed E-state index contributed by atoms with van der Waals surface area (Å²) in [6, 6.07) is 8.28. The van der Waals surface area contributed by atoms with E-state index in [1.807, 2.05) is 11.1 Å². The van der Waals surface area contributed by atoms with E-state index in [9.17, 15) is 4.79 Å². The monoisotopic (exact) mass is 256 g/mol. The van der Waals surface area contributed by atoms with E-state index in [0.717, 1.165) is 37.0 Å². The van der Waals surface area contributed by atoms with Gasteiger partial charge in [0.05, 0.1) is 6.42 Å². The van der Waals surface area contributed by atoms with Crippen LogP contribution in [0.1, 0.15) is 31.2 Å². The number of fused-ring (bicyclic) bond motifs is 1. The fraction of sp³-hybridized carbons (Fsp3) is 0.438. The van der Waals surface area contributed by atoms with Crippen molar-refractivity contribution >= 4 is 16.8 Å². The average molecular weight is 256 g/mol. The maximum Gasteiger partial charge on any atom is 0.226 e. The van der Waals surface area contributed by atoms with Crippen molar-refractivity contribution in [3.63, 3.8) is 0 Å². The summed E-state index contributed by atoms with van der Waals surface area (Å²) in [4.78, 5) is 17.5. The number of H-pyrrole nitrogens is 1. The predicted molar refractivity (Wildman–Crippen MR) is 77.1 cm³/mol. The third kappa shape index (κ3) is 2.80. The molecule has 0 radical (unpaired) electrons. The lowest BCUT2D eigenvalue weighted by Crippen LogP contribution is -2.33. The van der Waals surface area contributed by atoms with Gasteiger partial charge in [-0.25, -0.2) is 0 Å². The minimum atomic E-state index is 0.271. The van der Waals surface area contributed by atoms with E-state index < -0.39 is 0 Å². The Bertz CT molecular complexity index is 565. The number of likely N-dealkylation sites (tertiary alicyclic amines) is 1. The second kappa shape index (κ2) is 5.47. The lowest BCUT2D eigenvalue weighted by molar-refractivity contribution is -0.130. The Balaban J connectivity index is 1.70. The normalized spacial score (nSPS) is 16.5. The van der Waals surface area contributed by atoms with Crippen LogP contribution in [0.25, 0.3) is 10.9 Å². The Labute approximate surface area is 113 Å². The molecule has 1 aliphatic heterocycles. The molecule has 0 spiro atoms. The Hall–Kier alpha value is -1.77. The second-order valence-electron chi connectivity index (χ2n) is 5.37. The van der Waals surface area contributed by atoms with Crippen LogP contribution in [0, 0.1) is 0 Å². The number of nitrogens with zero attached hydrogens (tertiary/aromatic N) is 1. The van der Waals surface area contributed by atoms with Crippen molar-refractivity contribution in [2.75, 3.05) is 13.1 Å². The van der Waals surface area contributed by atoms with Crippen molar-refractivity contribution in [2.24, 2.45) is 0 Å². The van der Waals surface area contributed by atoms with E-state index in [-0.39, 0.29) is 5.91 Å². The molecule has 2 heterocycles. The van der Waals surface area contributed by atoms with E-state index in [1.165, 1.54) is 18.2 Å². The van der Waals surface area contributed by atoms with Gasteiger partial charge >= 0.3 is 0 Å². The molecular weight excluding hydrogens is 236 g/mol. The molecule has 100 valence electrons. The van der Waals surface area contributed by atoms with E-state index in [2.05, 4.69) is 29.2 Å². The van der Waals surface area contributed by atoms with Crippen molar-refractivity contribution in [1.29, 1.82) is 0 Å². The minimum absolute atomic E-state index is 0.271. The molecule has 0 saturated carbocycles. The predicted octanol–water partition coefficient (Wildman–Crippen LogP) is 3.11. The van der Waals surface area contributed by atoms with Crippen LogP contribution in [0.3, 0.4) is 0 Å². The van der Waals surface area contributed by atoms with E-state index in [0.29, 0.717) is 6.42 Å². The van der Waals surface area contributed by atoms with Gasteiger partial charge in [-0.2, -0.15) is 0 Å². The number of aromatic amines is 1. The van der Waals surface area contributed by atoms with Gasteiger partial charge in [0.15, 0.2) is 0 Å². The molecule has 0 bridgehead atoms. The number of hydrogen-bond donors (Lipinski definition) is 1. The highest BCUT2D eigenvalue weighted by Gasteiger charge is 2.15. The van der Waals surface area contributed by atoms with Gasteiger partial charge in [-0.15, -0.1) is 0 Å². The molecule has 0 aliphatic carbocycles. The first-order valence-corrected chi connectivity index (χ1v) is 7.17. The molecule has 1 N–H and O–H groups in total. The molecule has 1 aromatic heterocycles. The maximum absolute atomic E-state index is 12.3. The summed E-state index contributed by atoms with van der Waals surface area (Å²) in [7, 11) is 0. The summed E-state index contributed by atoms with van der Waals surface area (Å²) in [5, 5.41) is 1.20. The second-order valence-corrected chi connectivity index (χ2v) is 5.37. The first-order valence-electron chi connectivity index (χ1n) is 7.17. The van der Waals surface area contributed by atoms with Gasteiger partial charge in [0.1, 0.15) is 0 Å². The highest BCUT2D eigenvalue weighted by Crippen LogP contribution is 2.16. The third-order valence-electron chi connectivity index (χ3n) is 3.93. The molecule has 1 saturated heterocycles. The first kappa shape index (κ1) is 12.3. The average Bonchev–Trinajstić information content (AvgIpc) is 2.71. The third-order valence-corrected chi connectivity index (χ3v) is 3.93. The fourth-order valence-electron chi connectivity index (χ4n) is 2.81. The number of carbonyl (C=O) groups is 1. The molecule has 1 fully saturated rings. The molecule has 1 aromatic carbocycles. The van der Waals surface area contributed by atoms with Crippen LogP contribution in [0.2, 0.25) is 0 Å². The summed E-state index contributed by atoms with van der Waals surface area (Å²) in [5.74, 6) is 0.271. The smallest absolute Gasteiger partial charge is 0.226 e. The summed E-state index contributed by atoms with van der Waals surface area (Å²) in [6.07, 6.45) is 7.29. The molecule has 3 heteroatoms. The summed E-state index contributed by atoms with van der Waals surface area (Å²) < 4.78 is 0. The number of carbonyl (C=O) groups excluding carboxylic acids is 1. The standard InChI is InChI=1S/C16H20N2O/c19-16(18-9-3-1-2-4-10-18)12-13-5-6-14-7-8-17-15(14)11-13/h5-8,11,17H,1-4,9-10,12H2. The molecule has 0 atom stereocenters. The van der Waals surface area contributed by atoms with Crippen LogP contribution in [0.5, 0.6) is 0 Å². The summed E-state index contributed by atoms with van der Waals surface area (Å²) in [5.41, 5.74) is 2.21. The van der Waals surface area contributed by atoms with Gasteiger partial charge in [-0.3, -0.25) is 4.79 Å². The number of hydrogen-bond acceptors (Lipinski definition) is 1. The highest BCUT2D eigenvalue weighted by atomic mass is 16.2. The van der Waals surface area contributed by atoms with Crippen LogP contribution in [-0.4, -0.2) is 28.9 Å². The largest absolute Gasteiger partial charge is 0.361 e. The molecule has 1 amide bonds. The van der Waals surface area contributed by atoms with Gasteiger partial charge in [-0.1, -0.05) is 25.0 Å². The molecule has 1 aliphatic rings. The molecule has 2 aromatic rings. The van der Waals surface area contributed by atoms with Gasteiger partial charge in [-0.05, 0) is 35.9 Å². The summed E-state index contributed by atoms with van der Waals surface area (Å²) in [6.45, 7) is 1.87. The Morgan fingerprint density at radius 2 is 1.89 bits per heavy atom. The van der Waals surface area contributed by atoms with Crippen LogP contribution in [0.15, 0.2) is 30.5 Å². The molecule has 19 heavy (non-hydrogen) atoms. The van der Waals surface area contributed by atoms with Crippen LogP contribution in [0.4, 0.5) is 0 Å². The zero-order chi connectivity index (χ0) is 13.1. The molecular formula is C16H20N2O. The van der Waals surface area contributed by atoms with Crippen molar-refractivity contribution in [1.82, 2.24) is 9.88 Å². The molecule has 3 rings (SSSR count). The summed E-state index contributed by atoms with van der Waals surface area (Å²) >= 11 is 0. The number of benzene rings is 1. The Morgan fingerprint density at radius 3 is 2.68 bits per heavy atom. The number of aromatic nitrogens is 1. The first-order chi connectivity index (χ1) is 9.33. The SMILES string of the molecule is O=C(Cc1ccc2cc[nH]c2c1)N1CCCCCC1. The van der Waals surface area contributed by atoms with Gasteiger partial charge in [0, 0.05) is 24.8 Å². The van der Waals surface area contributed by atoms with Gasteiger partial charge in [0.25, 0.3) is 0 Å². The maximum atomic E-state index is 12.3. The van der Waals surface area contributed by atoms with Gasteiger partial charge in [0.2, 0.25) is 5.91 Å². The fourth-order valence-corrected chi connectivity index (χ4v) is 2.81. The van der Waals surface area contributed by atoms with Crippen molar-refractivity contribution in [2.45, 2.75) is 32.1 Å². The minimum Gasteiger partial charge on any atom is -0.361 e. The Morgan fingerprint density at radius 1 is 1.11 bits per heavy atom. The van der Waals surface area contributed by atoms with Crippen LogP contribution in [-0.2, 0) is 11.2 Å².